The Balaban J connectivity index is 2.05. The van der Waals surface area contributed by atoms with Crippen molar-refractivity contribution in [2.45, 2.75) is 6.42 Å². The molecular weight excluding hydrogens is 330 g/mol. The molecule has 0 aromatic heterocycles. The number of halogens is 1. The molecule has 1 heterocycles. The van der Waals surface area contributed by atoms with Crippen molar-refractivity contribution in [3.05, 3.63) is 64.1 Å². The predicted octanol–water partition coefficient (Wildman–Crippen LogP) is 4.24. The van der Waals surface area contributed by atoms with Gasteiger partial charge in [-0.2, -0.15) is 0 Å². The molecule has 106 valence electrons. The summed E-state index contributed by atoms with van der Waals surface area (Å²) < 4.78 is 0.934. The van der Waals surface area contributed by atoms with Crippen LogP contribution in [0.3, 0.4) is 0 Å². The minimum absolute atomic E-state index is 0.892. The van der Waals surface area contributed by atoms with Crippen molar-refractivity contribution >= 4 is 39.4 Å². The first-order valence-electron chi connectivity index (χ1n) is 6.71. The zero-order valence-corrected chi connectivity index (χ0v) is 12.9. The van der Waals surface area contributed by atoms with Crippen LogP contribution in [0.25, 0.3) is 6.08 Å². The van der Waals surface area contributed by atoms with Gasteiger partial charge in [0.15, 0.2) is 0 Å². The number of carbonyl (C=O) groups is 1. The Kier molecular flexibility index (Phi) is 3.80. The van der Waals surface area contributed by atoms with Crippen LogP contribution in [0.15, 0.2) is 53.0 Å². The van der Waals surface area contributed by atoms with E-state index in [9.17, 15) is 4.79 Å². The molecule has 0 aliphatic carbocycles. The van der Waals surface area contributed by atoms with E-state index in [1.165, 1.54) is 17.3 Å². The summed E-state index contributed by atoms with van der Waals surface area (Å²) in [5, 5.41) is 8.85. The SMILES string of the molecule is O=C(O)/C=C/c1cc(Br)ccc1N1CCc2ccccc21. The van der Waals surface area contributed by atoms with E-state index >= 15 is 0 Å². The highest BCUT2D eigenvalue weighted by molar-refractivity contribution is 9.10. The summed E-state index contributed by atoms with van der Waals surface area (Å²) in [7, 11) is 0. The summed E-state index contributed by atoms with van der Waals surface area (Å²) in [6, 6.07) is 14.3. The third kappa shape index (κ3) is 2.85. The number of nitrogens with zero attached hydrogens (tertiary/aromatic N) is 1. The van der Waals surface area contributed by atoms with Gasteiger partial charge in [0.05, 0.1) is 0 Å². The zero-order chi connectivity index (χ0) is 14.8. The Morgan fingerprint density at radius 2 is 2.00 bits per heavy atom. The summed E-state index contributed by atoms with van der Waals surface area (Å²) in [4.78, 5) is 13.0. The maximum absolute atomic E-state index is 10.8. The quantitative estimate of drug-likeness (QED) is 0.847. The fourth-order valence-electron chi connectivity index (χ4n) is 2.65. The summed E-state index contributed by atoms with van der Waals surface area (Å²) in [6.45, 7) is 0.912. The van der Waals surface area contributed by atoms with Gasteiger partial charge >= 0.3 is 5.97 Å². The van der Waals surface area contributed by atoms with E-state index in [1.807, 2.05) is 24.3 Å². The molecule has 0 spiro atoms. The molecule has 1 N–H and O–H groups in total. The molecule has 0 amide bonds. The van der Waals surface area contributed by atoms with Gasteiger partial charge in [0.1, 0.15) is 0 Å². The predicted molar refractivity (Wildman–Crippen MR) is 88.0 cm³/mol. The molecule has 0 saturated carbocycles. The lowest BCUT2D eigenvalue weighted by Gasteiger charge is -2.22. The minimum Gasteiger partial charge on any atom is -0.478 e. The molecule has 2 aromatic rings. The third-order valence-electron chi connectivity index (χ3n) is 3.57. The molecule has 3 nitrogen and oxygen atoms in total. The summed E-state index contributed by atoms with van der Waals surface area (Å²) in [5.41, 5.74) is 4.45. The van der Waals surface area contributed by atoms with Crippen molar-refractivity contribution in [3.8, 4) is 0 Å². The molecule has 0 bridgehead atoms. The first kappa shape index (κ1) is 13.9. The van der Waals surface area contributed by atoms with E-state index in [2.05, 4.69) is 39.0 Å². The molecule has 2 aromatic carbocycles. The largest absolute Gasteiger partial charge is 0.478 e. The van der Waals surface area contributed by atoms with Gasteiger partial charge in [-0.3, -0.25) is 0 Å². The molecule has 4 heteroatoms. The fraction of sp³-hybridized carbons (Fsp3) is 0.118. The van der Waals surface area contributed by atoms with Crippen LogP contribution >= 0.6 is 15.9 Å². The van der Waals surface area contributed by atoms with Crippen LogP contribution in [-0.4, -0.2) is 17.6 Å². The van der Waals surface area contributed by atoms with Crippen LogP contribution in [0, 0.1) is 0 Å². The van der Waals surface area contributed by atoms with Gasteiger partial charge < -0.3 is 10.0 Å². The van der Waals surface area contributed by atoms with Crippen molar-refractivity contribution in [3.63, 3.8) is 0 Å². The van der Waals surface area contributed by atoms with Crippen LogP contribution in [0.5, 0.6) is 0 Å². The minimum atomic E-state index is -0.942. The molecule has 3 rings (SSSR count). The van der Waals surface area contributed by atoms with Gasteiger partial charge in [-0.05, 0) is 47.9 Å². The number of benzene rings is 2. The Bertz CT molecular complexity index is 724. The lowest BCUT2D eigenvalue weighted by Crippen LogP contribution is -2.14. The van der Waals surface area contributed by atoms with Crippen molar-refractivity contribution < 1.29 is 9.90 Å². The van der Waals surface area contributed by atoms with Gasteiger partial charge in [0.25, 0.3) is 0 Å². The van der Waals surface area contributed by atoms with Gasteiger partial charge in [-0.1, -0.05) is 34.1 Å². The summed E-state index contributed by atoms with van der Waals surface area (Å²) in [5.74, 6) is -0.942. The van der Waals surface area contributed by atoms with Crippen molar-refractivity contribution in [1.29, 1.82) is 0 Å². The van der Waals surface area contributed by atoms with E-state index < -0.39 is 5.97 Å². The molecule has 1 aliphatic heterocycles. The lowest BCUT2D eigenvalue weighted by molar-refractivity contribution is -0.131. The van der Waals surface area contributed by atoms with E-state index in [0.717, 1.165) is 28.7 Å². The second kappa shape index (κ2) is 5.74. The number of rotatable bonds is 3. The van der Waals surface area contributed by atoms with E-state index in [0.29, 0.717) is 0 Å². The number of carboxylic acid groups (broad SMARTS) is 1. The fourth-order valence-corrected chi connectivity index (χ4v) is 3.03. The second-order valence-corrected chi connectivity index (χ2v) is 5.82. The molecular formula is C17H14BrNO2. The number of fused-ring (bicyclic) bond motifs is 1. The number of hydrogen-bond donors (Lipinski definition) is 1. The van der Waals surface area contributed by atoms with Crippen LogP contribution in [0.1, 0.15) is 11.1 Å². The molecule has 0 atom stereocenters. The standard InChI is InChI=1S/C17H14BrNO2/c18-14-6-7-16(13(11-14)5-8-17(20)21)19-10-9-12-3-1-2-4-15(12)19/h1-8,11H,9-10H2,(H,20,21)/b8-5+. The first-order valence-corrected chi connectivity index (χ1v) is 7.50. The summed E-state index contributed by atoms with van der Waals surface area (Å²) >= 11 is 3.44. The Morgan fingerprint density at radius 1 is 1.19 bits per heavy atom. The Labute approximate surface area is 131 Å². The third-order valence-corrected chi connectivity index (χ3v) is 4.07. The highest BCUT2D eigenvalue weighted by atomic mass is 79.9. The lowest BCUT2D eigenvalue weighted by atomic mass is 10.1. The number of anilines is 2. The average molecular weight is 344 g/mol. The first-order chi connectivity index (χ1) is 10.1. The van der Waals surface area contributed by atoms with Crippen LogP contribution in [0.4, 0.5) is 11.4 Å². The second-order valence-electron chi connectivity index (χ2n) is 4.91. The Hall–Kier alpha value is -2.07. The highest BCUT2D eigenvalue weighted by Gasteiger charge is 2.21. The van der Waals surface area contributed by atoms with Crippen LogP contribution in [-0.2, 0) is 11.2 Å². The molecule has 21 heavy (non-hydrogen) atoms. The van der Waals surface area contributed by atoms with E-state index in [-0.39, 0.29) is 0 Å². The number of aliphatic carboxylic acids is 1. The maximum atomic E-state index is 10.8. The van der Waals surface area contributed by atoms with Crippen LogP contribution < -0.4 is 4.90 Å². The molecule has 1 aliphatic rings. The highest BCUT2D eigenvalue weighted by Crippen LogP contribution is 2.37. The zero-order valence-electron chi connectivity index (χ0n) is 11.3. The molecule has 0 unspecified atom stereocenters. The summed E-state index contributed by atoms with van der Waals surface area (Å²) in [6.07, 6.45) is 3.82. The number of hydrogen-bond acceptors (Lipinski definition) is 2. The smallest absolute Gasteiger partial charge is 0.328 e. The number of para-hydroxylation sites is 1. The molecule has 0 saturated heterocycles. The van der Waals surface area contributed by atoms with E-state index in [4.69, 9.17) is 5.11 Å². The van der Waals surface area contributed by atoms with E-state index in [1.54, 1.807) is 6.08 Å². The van der Waals surface area contributed by atoms with Crippen molar-refractivity contribution in [2.24, 2.45) is 0 Å². The van der Waals surface area contributed by atoms with Crippen LogP contribution in [0.2, 0.25) is 0 Å². The topological polar surface area (TPSA) is 40.5 Å². The maximum Gasteiger partial charge on any atom is 0.328 e. The van der Waals surface area contributed by atoms with Crippen molar-refractivity contribution in [2.75, 3.05) is 11.4 Å². The Morgan fingerprint density at radius 3 is 2.81 bits per heavy atom. The molecule has 0 fully saturated rings. The molecule has 0 radical (unpaired) electrons. The van der Waals surface area contributed by atoms with Crippen molar-refractivity contribution in [1.82, 2.24) is 0 Å². The monoisotopic (exact) mass is 343 g/mol. The van der Waals surface area contributed by atoms with Gasteiger partial charge in [0.2, 0.25) is 0 Å². The number of carboxylic acids is 1. The van der Waals surface area contributed by atoms with Gasteiger partial charge in [0, 0.05) is 28.5 Å². The van der Waals surface area contributed by atoms with Gasteiger partial charge in [-0.15, -0.1) is 0 Å². The average Bonchev–Trinajstić information content (AvgIpc) is 2.89. The normalized spacial score (nSPS) is 13.7. The van der Waals surface area contributed by atoms with Gasteiger partial charge in [-0.25, -0.2) is 4.79 Å².